The van der Waals surface area contributed by atoms with Crippen molar-refractivity contribution in [3.05, 3.63) is 35.0 Å². The van der Waals surface area contributed by atoms with Crippen molar-refractivity contribution < 1.29 is 28.7 Å². The fourth-order valence-corrected chi connectivity index (χ4v) is 6.00. The fourth-order valence-electron chi connectivity index (χ4n) is 6.00. The lowest BCUT2D eigenvalue weighted by molar-refractivity contribution is -0.132. The number of nitrogens with zero attached hydrogens (tertiary/aromatic N) is 4. The van der Waals surface area contributed by atoms with E-state index in [4.69, 9.17) is 15.2 Å². The third kappa shape index (κ3) is 6.67. The van der Waals surface area contributed by atoms with Crippen LogP contribution in [0.4, 0.5) is 15.3 Å². The quantitative estimate of drug-likeness (QED) is 0.335. The molecule has 1 aromatic heterocycles. The van der Waals surface area contributed by atoms with E-state index in [2.05, 4.69) is 15.5 Å². The first kappa shape index (κ1) is 30.5. The smallest absolute Gasteiger partial charge is 0.407 e. The molecular weight excluding hydrogens is 554 g/mol. The van der Waals surface area contributed by atoms with Crippen LogP contribution in [0.3, 0.4) is 0 Å². The number of unbranched alkanes of at least 4 members (excludes halogenated alkanes) is 1. The number of aromatic nitrogens is 2. The SMILES string of the molecule is CC(C)(C)OC(=O)NCCCCC(=O)N1CCC(c2[nH]nc3c2C(=O)c2c-3cccc2N(C(N)=O)N2CCOCC2)CC1. The minimum atomic E-state index is -0.661. The number of rotatable bonds is 8. The molecule has 0 bridgehead atoms. The molecule has 2 saturated heterocycles. The number of aromatic amines is 1. The second-order valence-electron chi connectivity index (χ2n) is 12.1. The Morgan fingerprint density at radius 2 is 1.84 bits per heavy atom. The molecule has 232 valence electrons. The first-order chi connectivity index (χ1) is 20.5. The maximum Gasteiger partial charge on any atom is 0.407 e. The maximum absolute atomic E-state index is 13.9. The van der Waals surface area contributed by atoms with Crippen LogP contribution in [0, 0.1) is 0 Å². The highest BCUT2D eigenvalue weighted by Gasteiger charge is 2.40. The highest BCUT2D eigenvalue weighted by atomic mass is 16.6. The Hall–Kier alpha value is -3.97. The number of anilines is 1. The van der Waals surface area contributed by atoms with Crippen LogP contribution >= 0.6 is 0 Å². The molecular formula is C30H41N7O6. The number of ether oxygens (including phenoxy) is 2. The monoisotopic (exact) mass is 595 g/mol. The topological polar surface area (TPSA) is 163 Å². The van der Waals surface area contributed by atoms with Gasteiger partial charge in [-0.25, -0.2) is 19.6 Å². The number of H-pyrrole nitrogens is 1. The minimum absolute atomic E-state index is 0.0477. The number of carbonyl (C=O) groups excluding carboxylic acids is 4. The van der Waals surface area contributed by atoms with Crippen molar-refractivity contribution in [2.75, 3.05) is 50.9 Å². The summed E-state index contributed by atoms with van der Waals surface area (Å²) in [5.41, 5.74) is 8.70. The lowest BCUT2D eigenvalue weighted by Crippen LogP contribution is -2.54. The summed E-state index contributed by atoms with van der Waals surface area (Å²) in [6, 6.07) is 4.73. The number of fused-ring (bicyclic) bond motifs is 3. The molecule has 3 aliphatic rings. The van der Waals surface area contributed by atoms with Crippen LogP contribution in [0.15, 0.2) is 18.2 Å². The van der Waals surface area contributed by atoms with Crippen LogP contribution in [-0.2, 0) is 14.3 Å². The summed E-state index contributed by atoms with van der Waals surface area (Å²) in [6.45, 7) is 8.97. The van der Waals surface area contributed by atoms with Crippen LogP contribution in [0.5, 0.6) is 0 Å². The second kappa shape index (κ2) is 12.7. The molecule has 0 atom stereocenters. The maximum atomic E-state index is 13.9. The van der Waals surface area contributed by atoms with Crippen molar-refractivity contribution in [3.8, 4) is 11.3 Å². The van der Waals surface area contributed by atoms with Crippen LogP contribution in [0.2, 0.25) is 0 Å². The van der Waals surface area contributed by atoms with Crippen molar-refractivity contribution in [2.24, 2.45) is 5.73 Å². The van der Waals surface area contributed by atoms with E-state index in [1.807, 2.05) is 36.7 Å². The summed E-state index contributed by atoms with van der Waals surface area (Å²) in [7, 11) is 0. The molecule has 5 rings (SSSR count). The van der Waals surface area contributed by atoms with Gasteiger partial charge in [-0.05, 0) is 52.5 Å². The van der Waals surface area contributed by atoms with Crippen LogP contribution in [0.25, 0.3) is 11.3 Å². The highest BCUT2D eigenvalue weighted by Crippen LogP contribution is 2.44. The zero-order valence-corrected chi connectivity index (χ0v) is 25.1. The number of benzene rings is 1. The van der Waals surface area contributed by atoms with Gasteiger partial charge in [0.05, 0.1) is 35.7 Å². The van der Waals surface area contributed by atoms with E-state index >= 15 is 0 Å². The van der Waals surface area contributed by atoms with Crippen molar-refractivity contribution in [3.63, 3.8) is 0 Å². The Bertz CT molecular complexity index is 1370. The summed E-state index contributed by atoms with van der Waals surface area (Å²) in [5, 5.41) is 13.6. The molecule has 4 amide bonds. The van der Waals surface area contributed by atoms with Gasteiger partial charge in [-0.2, -0.15) is 5.10 Å². The number of ketones is 1. The molecule has 0 unspecified atom stereocenters. The van der Waals surface area contributed by atoms with Crippen molar-refractivity contribution in [1.29, 1.82) is 0 Å². The standard InChI is InChI=1S/C30H41N7O6/c1-30(2,3)43-29(41)32-12-5-4-9-22(38)35-13-10-19(11-14-35)25-24-26(34-33-25)20-7-6-8-21(23(20)27(24)39)37(28(31)40)36-15-17-42-18-16-36/h6-8,19H,4-5,9-18H2,1-3H3,(H2,31,40)(H,32,41)(H,33,34). The molecule has 0 radical (unpaired) electrons. The summed E-state index contributed by atoms with van der Waals surface area (Å²) in [4.78, 5) is 53.0. The molecule has 1 aliphatic carbocycles. The minimum Gasteiger partial charge on any atom is -0.444 e. The molecule has 1 aromatic carbocycles. The number of piperidine rings is 1. The number of amides is 4. The molecule has 13 nitrogen and oxygen atoms in total. The number of hydrazine groups is 1. The fraction of sp³-hybridized carbons (Fsp3) is 0.567. The first-order valence-corrected chi connectivity index (χ1v) is 15.0. The Balaban J connectivity index is 1.18. The van der Waals surface area contributed by atoms with E-state index in [1.54, 1.807) is 12.1 Å². The lowest BCUT2D eigenvalue weighted by Gasteiger charge is -2.36. The third-order valence-corrected chi connectivity index (χ3v) is 7.99. The number of urea groups is 1. The average molecular weight is 596 g/mol. The zero-order valence-electron chi connectivity index (χ0n) is 25.1. The van der Waals surface area contributed by atoms with Gasteiger partial charge in [0, 0.05) is 50.6 Å². The van der Waals surface area contributed by atoms with Gasteiger partial charge in [0.2, 0.25) is 5.91 Å². The predicted molar refractivity (Wildman–Crippen MR) is 159 cm³/mol. The Morgan fingerprint density at radius 3 is 2.51 bits per heavy atom. The van der Waals surface area contributed by atoms with E-state index in [9.17, 15) is 19.2 Å². The van der Waals surface area contributed by atoms with Crippen molar-refractivity contribution in [1.82, 2.24) is 25.4 Å². The average Bonchev–Trinajstić information content (AvgIpc) is 3.52. The number of primary amides is 1. The van der Waals surface area contributed by atoms with Gasteiger partial charge in [-0.3, -0.25) is 14.7 Å². The number of morpholine rings is 1. The van der Waals surface area contributed by atoms with Gasteiger partial charge in [-0.15, -0.1) is 0 Å². The molecule has 4 N–H and O–H groups in total. The summed E-state index contributed by atoms with van der Waals surface area (Å²) < 4.78 is 10.7. The van der Waals surface area contributed by atoms with Crippen LogP contribution in [0.1, 0.15) is 80.4 Å². The number of alkyl carbamates (subject to hydrolysis) is 1. The van der Waals surface area contributed by atoms with Crippen LogP contribution in [-0.4, -0.2) is 95.5 Å². The highest BCUT2D eigenvalue weighted by molar-refractivity contribution is 6.25. The predicted octanol–water partition coefficient (Wildman–Crippen LogP) is 3.15. The molecule has 2 fully saturated rings. The first-order valence-electron chi connectivity index (χ1n) is 15.0. The van der Waals surface area contributed by atoms with Crippen LogP contribution < -0.4 is 16.1 Å². The zero-order chi connectivity index (χ0) is 30.7. The summed E-state index contributed by atoms with van der Waals surface area (Å²) >= 11 is 0. The van der Waals surface area contributed by atoms with Gasteiger partial charge in [0.25, 0.3) is 0 Å². The molecule has 2 aromatic rings. The number of nitrogens with one attached hydrogen (secondary N) is 2. The summed E-state index contributed by atoms with van der Waals surface area (Å²) in [6.07, 6.45) is 2.73. The number of hydrogen-bond donors (Lipinski definition) is 3. The molecule has 0 saturated carbocycles. The van der Waals surface area contributed by atoms with Gasteiger partial charge < -0.3 is 25.4 Å². The number of hydrogen-bond acceptors (Lipinski definition) is 8. The molecule has 0 spiro atoms. The van der Waals surface area contributed by atoms with Gasteiger partial charge in [0.15, 0.2) is 5.78 Å². The van der Waals surface area contributed by atoms with Gasteiger partial charge in [0.1, 0.15) is 11.3 Å². The number of nitrogens with two attached hydrogens (primary N) is 1. The number of likely N-dealkylation sites (tertiary alicyclic amines) is 1. The van der Waals surface area contributed by atoms with Crippen molar-refractivity contribution in [2.45, 2.75) is 64.4 Å². The van der Waals surface area contributed by atoms with E-state index in [0.717, 1.165) is 5.69 Å². The molecule has 13 heteroatoms. The van der Waals surface area contributed by atoms with E-state index in [0.29, 0.717) is 106 Å². The van der Waals surface area contributed by atoms with Gasteiger partial charge in [-0.1, -0.05) is 12.1 Å². The molecule has 2 aliphatic heterocycles. The normalized spacial score (nSPS) is 17.4. The van der Waals surface area contributed by atoms with E-state index < -0.39 is 17.7 Å². The largest absolute Gasteiger partial charge is 0.444 e. The van der Waals surface area contributed by atoms with E-state index in [-0.39, 0.29) is 17.6 Å². The molecule has 3 heterocycles. The van der Waals surface area contributed by atoms with Crippen molar-refractivity contribution >= 4 is 29.5 Å². The number of carbonyl (C=O) groups is 4. The second-order valence-corrected chi connectivity index (χ2v) is 12.1. The van der Waals surface area contributed by atoms with Gasteiger partial charge >= 0.3 is 12.1 Å². The lowest BCUT2D eigenvalue weighted by atomic mass is 9.90. The Labute approximate surface area is 251 Å². The third-order valence-electron chi connectivity index (χ3n) is 7.99. The Kier molecular flexibility index (Phi) is 9.02. The Morgan fingerprint density at radius 1 is 1.12 bits per heavy atom. The molecule has 43 heavy (non-hydrogen) atoms. The van der Waals surface area contributed by atoms with E-state index in [1.165, 1.54) is 5.01 Å². The summed E-state index contributed by atoms with van der Waals surface area (Å²) in [5.74, 6) is -0.0396.